The van der Waals surface area contributed by atoms with Crippen molar-refractivity contribution in [2.45, 2.75) is 6.54 Å². The molecule has 0 heterocycles. The number of nitrogens with one attached hydrogen (secondary N) is 2. The molecule has 5 nitrogen and oxygen atoms in total. The van der Waals surface area contributed by atoms with Gasteiger partial charge in [0.2, 0.25) is 0 Å². The molecule has 0 aromatic heterocycles. The van der Waals surface area contributed by atoms with E-state index in [1.807, 2.05) is 5.43 Å². The summed E-state index contributed by atoms with van der Waals surface area (Å²) in [6, 6.07) is 2.89. The van der Waals surface area contributed by atoms with E-state index in [0.717, 1.165) is 0 Å². The van der Waals surface area contributed by atoms with Gasteiger partial charge in [0.1, 0.15) is 10.8 Å². The summed E-state index contributed by atoms with van der Waals surface area (Å²) in [6.45, 7) is 0.228. The SMILES string of the molecule is COc1ccc(CNC(=O)NN)c(Cl)c1Cl. The van der Waals surface area contributed by atoms with Gasteiger partial charge in [0, 0.05) is 6.54 Å². The Hall–Kier alpha value is -1.17. The van der Waals surface area contributed by atoms with Crippen LogP contribution in [0.25, 0.3) is 0 Å². The molecule has 0 saturated carbocycles. The minimum absolute atomic E-state index is 0.228. The van der Waals surface area contributed by atoms with Crippen LogP contribution in [-0.2, 0) is 6.54 Å². The van der Waals surface area contributed by atoms with Crippen molar-refractivity contribution in [2.24, 2.45) is 5.84 Å². The van der Waals surface area contributed by atoms with Crippen molar-refractivity contribution in [3.05, 3.63) is 27.7 Å². The minimum atomic E-state index is -0.497. The highest BCUT2D eigenvalue weighted by Crippen LogP contribution is 2.34. The number of carbonyl (C=O) groups excluding carboxylic acids is 1. The smallest absolute Gasteiger partial charge is 0.329 e. The van der Waals surface area contributed by atoms with Gasteiger partial charge in [-0.2, -0.15) is 0 Å². The molecule has 0 aliphatic rings. The third-order valence-corrected chi connectivity index (χ3v) is 2.82. The maximum atomic E-state index is 10.9. The number of benzene rings is 1. The monoisotopic (exact) mass is 263 g/mol. The Balaban J connectivity index is 2.82. The van der Waals surface area contributed by atoms with Gasteiger partial charge in [-0.15, -0.1) is 0 Å². The van der Waals surface area contributed by atoms with Crippen LogP contribution >= 0.6 is 23.2 Å². The van der Waals surface area contributed by atoms with Gasteiger partial charge in [-0.05, 0) is 11.6 Å². The molecule has 1 aromatic rings. The van der Waals surface area contributed by atoms with Gasteiger partial charge in [-0.25, -0.2) is 10.6 Å². The summed E-state index contributed by atoms with van der Waals surface area (Å²) in [6.07, 6.45) is 0. The summed E-state index contributed by atoms with van der Waals surface area (Å²) in [5.41, 5.74) is 2.62. The largest absolute Gasteiger partial charge is 0.495 e. The molecule has 0 radical (unpaired) electrons. The molecule has 4 N–H and O–H groups in total. The fourth-order valence-corrected chi connectivity index (χ4v) is 1.58. The Bertz CT molecular complexity index is 399. The second kappa shape index (κ2) is 5.79. The zero-order chi connectivity index (χ0) is 12.1. The van der Waals surface area contributed by atoms with Crippen LogP contribution in [-0.4, -0.2) is 13.1 Å². The van der Waals surface area contributed by atoms with Crippen molar-refractivity contribution in [2.75, 3.05) is 7.11 Å². The third-order valence-electron chi connectivity index (χ3n) is 1.92. The van der Waals surface area contributed by atoms with E-state index < -0.39 is 6.03 Å². The number of methoxy groups -OCH3 is 1. The molecule has 16 heavy (non-hydrogen) atoms. The highest BCUT2D eigenvalue weighted by molar-refractivity contribution is 6.43. The van der Waals surface area contributed by atoms with Crippen LogP contribution in [0, 0.1) is 0 Å². The van der Waals surface area contributed by atoms with Crippen molar-refractivity contribution in [3.8, 4) is 5.75 Å². The highest BCUT2D eigenvalue weighted by atomic mass is 35.5. The summed E-state index contributed by atoms with van der Waals surface area (Å²) >= 11 is 11.9. The number of rotatable bonds is 3. The minimum Gasteiger partial charge on any atom is -0.495 e. The lowest BCUT2D eigenvalue weighted by Crippen LogP contribution is -2.39. The number of carbonyl (C=O) groups is 1. The van der Waals surface area contributed by atoms with Crippen molar-refractivity contribution in [1.82, 2.24) is 10.7 Å². The Morgan fingerprint density at radius 3 is 2.69 bits per heavy atom. The zero-order valence-electron chi connectivity index (χ0n) is 8.51. The molecule has 88 valence electrons. The van der Waals surface area contributed by atoms with E-state index in [9.17, 15) is 4.79 Å². The number of nitrogens with two attached hydrogens (primary N) is 1. The van der Waals surface area contributed by atoms with E-state index in [1.165, 1.54) is 7.11 Å². The van der Waals surface area contributed by atoms with E-state index >= 15 is 0 Å². The predicted octanol–water partition coefficient (Wildman–Crippen LogP) is 1.67. The van der Waals surface area contributed by atoms with Gasteiger partial charge in [0.25, 0.3) is 0 Å². The lowest BCUT2D eigenvalue weighted by Gasteiger charge is -2.10. The Labute approximate surface area is 103 Å². The number of urea groups is 1. The molecular formula is C9H11Cl2N3O2. The first-order chi connectivity index (χ1) is 7.60. The van der Waals surface area contributed by atoms with Gasteiger partial charge in [0.05, 0.1) is 12.1 Å². The number of amides is 2. The highest BCUT2D eigenvalue weighted by Gasteiger charge is 2.10. The van der Waals surface area contributed by atoms with Crippen LogP contribution in [0.4, 0.5) is 4.79 Å². The van der Waals surface area contributed by atoms with Gasteiger partial charge in [-0.1, -0.05) is 29.3 Å². The first kappa shape index (κ1) is 12.9. The van der Waals surface area contributed by atoms with E-state index in [0.29, 0.717) is 21.4 Å². The van der Waals surface area contributed by atoms with E-state index in [2.05, 4.69) is 5.32 Å². The number of hydrogen-bond acceptors (Lipinski definition) is 3. The van der Waals surface area contributed by atoms with Gasteiger partial charge in [-0.3, -0.25) is 5.43 Å². The average molecular weight is 264 g/mol. The summed E-state index contributed by atoms with van der Waals surface area (Å²) in [7, 11) is 1.50. The van der Waals surface area contributed by atoms with E-state index in [-0.39, 0.29) is 6.54 Å². The van der Waals surface area contributed by atoms with E-state index in [1.54, 1.807) is 12.1 Å². The molecule has 1 aromatic carbocycles. The zero-order valence-corrected chi connectivity index (χ0v) is 10.0. The third kappa shape index (κ3) is 2.91. The molecule has 0 spiro atoms. The van der Waals surface area contributed by atoms with E-state index in [4.69, 9.17) is 33.8 Å². The molecule has 1 rings (SSSR count). The molecule has 0 atom stereocenters. The Morgan fingerprint density at radius 1 is 1.44 bits per heavy atom. The van der Waals surface area contributed by atoms with Crippen molar-refractivity contribution >= 4 is 29.2 Å². The normalized spacial score (nSPS) is 9.75. The fourth-order valence-electron chi connectivity index (χ4n) is 1.09. The van der Waals surface area contributed by atoms with Gasteiger partial charge < -0.3 is 10.1 Å². The molecule has 0 aliphatic carbocycles. The van der Waals surface area contributed by atoms with Crippen LogP contribution < -0.4 is 21.3 Å². The van der Waals surface area contributed by atoms with Gasteiger partial charge >= 0.3 is 6.03 Å². The molecule has 0 unspecified atom stereocenters. The number of halogens is 2. The molecule has 0 saturated heterocycles. The first-order valence-corrected chi connectivity index (χ1v) is 5.11. The summed E-state index contributed by atoms with van der Waals surface area (Å²) in [5.74, 6) is 5.39. The lowest BCUT2D eigenvalue weighted by molar-refractivity contribution is 0.241. The molecular weight excluding hydrogens is 253 g/mol. The van der Waals surface area contributed by atoms with Crippen LogP contribution in [0.1, 0.15) is 5.56 Å². The van der Waals surface area contributed by atoms with Crippen LogP contribution in [0.5, 0.6) is 5.75 Å². The maximum absolute atomic E-state index is 10.9. The summed E-state index contributed by atoms with van der Waals surface area (Å²) in [5, 5.41) is 3.16. The maximum Gasteiger partial charge on any atom is 0.329 e. The topological polar surface area (TPSA) is 76.4 Å². The summed E-state index contributed by atoms with van der Waals surface area (Å²) < 4.78 is 4.99. The second-order valence-corrected chi connectivity index (χ2v) is 3.64. The molecule has 0 aliphatic heterocycles. The quantitative estimate of drug-likeness (QED) is 0.441. The average Bonchev–Trinajstić information content (AvgIpc) is 2.30. The molecule has 2 amide bonds. The van der Waals surface area contributed by atoms with Crippen molar-refractivity contribution in [1.29, 1.82) is 0 Å². The van der Waals surface area contributed by atoms with Crippen molar-refractivity contribution in [3.63, 3.8) is 0 Å². The Morgan fingerprint density at radius 2 is 2.12 bits per heavy atom. The standard InChI is InChI=1S/C9H11Cl2N3O2/c1-16-6-3-2-5(7(10)8(6)11)4-13-9(15)14-12/h2-3H,4,12H2,1H3,(H2,13,14,15). The summed E-state index contributed by atoms with van der Waals surface area (Å²) in [4.78, 5) is 10.9. The Kier molecular flexibility index (Phi) is 4.67. The van der Waals surface area contributed by atoms with Crippen LogP contribution in [0.15, 0.2) is 12.1 Å². The number of hydrazine groups is 1. The van der Waals surface area contributed by atoms with Crippen LogP contribution in [0.3, 0.4) is 0 Å². The lowest BCUT2D eigenvalue weighted by atomic mass is 10.2. The number of ether oxygens (including phenoxy) is 1. The van der Waals surface area contributed by atoms with Gasteiger partial charge in [0.15, 0.2) is 0 Å². The van der Waals surface area contributed by atoms with Crippen molar-refractivity contribution < 1.29 is 9.53 Å². The number of hydrogen-bond donors (Lipinski definition) is 3. The molecule has 0 bridgehead atoms. The fraction of sp³-hybridized carbons (Fsp3) is 0.222. The second-order valence-electron chi connectivity index (χ2n) is 2.88. The van der Waals surface area contributed by atoms with Crippen LogP contribution in [0.2, 0.25) is 10.0 Å². The predicted molar refractivity (Wildman–Crippen MR) is 62.6 cm³/mol. The molecule has 7 heteroatoms. The molecule has 0 fully saturated rings. The first-order valence-electron chi connectivity index (χ1n) is 4.35.